The van der Waals surface area contributed by atoms with Crippen LogP contribution in [0.15, 0.2) is 45.5 Å². The number of benzene rings is 1. The SMILES string of the molecule is CCOc1c(Nc2ccc(C(=O)NCCOCCOCCNC(=O)OCC3C=C3C)cc2)c(=O)c1=O. The van der Waals surface area contributed by atoms with E-state index in [4.69, 9.17) is 18.9 Å². The van der Waals surface area contributed by atoms with E-state index in [0.29, 0.717) is 63.3 Å². The van der Waals surface area contributed by atoms with Crippen molar-refractivity contribution in [2.24, 2.45) is 5.92 Å². The maximum atomic E-state index is 12.3. The van der Waals surface area contributed by atoms with Crippen LogP contribution in [-0.4, -0.2) is 64.7 Å². The first-order valence-electron chi connectivity index (χ1n) is 11.8. The Balaban J connectivity index is 1.21. The highest BCUT2D eigenvalue weighted by Crippen LogP contribution is 2.27. The summed E-state index contributed by atoms with van der Waals surface area (Å²) in [7, 11) is 0. The second-order valence-electron chi connectivity index (χ2n) is 8.02. The zero-order valence-corrected chi connectivity index (χ0v) is 20.4. The lowest BCUT2D eigenvalue weighted by Gasteiger charge is -2.13. The molecule has 1 aliphatic rings. The Kier molecular flexibility index (Phi) is 10.0. The van der Waals surface area contributed by atoms with E-state index < -0.39 is 17.0 Å². The number of amides is 2. The molecule has 1 atom stereocenters. The van der Waals surface area contributed by atoms with E-state index in [2.05, 4.69) is 16.0 Å². The van der Waals surface area contributed by atoms with Crippen molar-refractivity contribution in [3.05, 3.63) is 61.9 Å². The van der Waals surface area contributed by atoms with Gasteiger partial charge in [-0.2, -0.15) is 0 Å². The normalized spacial score (nSPS) is 14.2. The zero-order valence-electron chi connectivity index (χ0n) is 20.4. The van der Waals surface area contributed by atoms with Gasteiger partial charge in [-0.15, -0.1) is 0 Å². The van der Waals surface area contributed by atoms with Crippen molar-refractivity contribution in [3.8, 4) is 5.75 Å². The lowest BCUT2D eigenvalue weighted by atomic mass is 10.1. The van der Waals surface area contributed by atoms with E-state index in [0.717, 1.165) is 0 Å². The van der Waals surface area contributed by atoms with Crippen molar-refractivity contribution in [2.75, 3.05) is 58.0 Å². The van der Waals surface area contributed by atoms with Crippen molar-refractivity contribution in [1.82, 2.24) is 10.6 Å². The van der Waals surface area contributed by atoms with Crippen molar-refractivity contribution >= 4 is 23.4 Å². The fourth-order valence-corrected chi connectivity index (χ4v) is 3.17. The van der Waals surface area contributed by atoms with Gasteiger partial charge in [0.1, 0.15) is 12.3 Å². The highest BCUT2D eigenvalue weighted by molar-refractivity contribution is 5.94. The van der Waals surface area contributed by atoms with Gasteiger partial charge < -0.3 is 34.9 Å². The number of carbonyl (C=O) groups excluding carboxylic acids is 2. The van der Waals surface area contributed by atoms with Crippen LogP contribution in [-0.2, 0) is 14.2 Å². The summed E-state index contributed by atoms with van der Waals surface area (Å²) in [5.41, 5.74) is 1.09. The summed E-state index contributed by atoms with van der Waals surface area (Å²) < 4.78 is 21.0. The molecule has 0 bridgehead atoms. The minimum absolute atomic E-state index is 0.0308. The Bertz CT molecular complexity index is 1140. The molecule has 36 heavy (non-hydrogen) atoms. The van der Waals surface area contributed by atoms with Crippen molar-refractivity contribution in [1.29, 1.82) is 0 Å². The summed E-state index contributed by atoms with van der Waals surface area (Å²) in [6.45, 7) is 6.43. The van der Waals surface area contributed by atoms with Gasteiger partial charge in [-0.25, -0.2) is 4.79 Å². The third-order valence-corrected chi connectivity index (χ3v) is 5.33. The minimum atomic E-state index is -0.643. The number of hydrogen-bond donors (Lipinski definition) is 3. The summed E-state index contributed by atoms with van der Waals surface area (Å²) in [5, 5.41) is 8.22. The number of alkyl carbamates (subject to hydrolysis) is 1. The van der Waals surface area contributed by atoms with Crippen molar-refractivity contribution < 1.29 is 28.5 Å². The number of rotatable bonds is 16. The van der Waals surface area contributed by atoms with Crippen LogP contribution in [0.5, 0.6) is 5.75 Å². The molecule has 0 saturated carbocycles. The van der Waals surface area contributed by atoms with E-state index >= 15 is 0 Å². The zero-order chi connectivity index (χ0) is 25.9. The molecule has 3 N–H and O–H groups in total. The Morgan fingerprint density at radius 2 is 1.56 bits per heavy atom. The molecule has 0 aromatic heterocycles. The van der Waals surface area contributed by atoms with Crippen LogP contribution >= 0.6 is 0 Å². The standard InChI is InChI=1S/C25H31N3O8/c1-3-35-23-20(21(29)22(23)30)28-19-6-4-17(5-7-19)24(31)26-8-10-33-12-13-34-11-9-27-25(32)36-15-18-14-16(18)2/h4-7,14,18,28H,3,8-13,15H2,1-2H3,(H,26,31)(H,27,32). The fraction of sp³-hybridized carbons (Fsp3) is 0.440. The van der Waals surface area contributed by atoms with Crippen LogP contribution in [0.3, 0.4) is 0 Å². The molecule has 2 aromatic carbocycles. The summed E-state index contributed by atoms with van der Waals surface area (Å²) in [6.07, 6.45) is 1.59. The Labute approximate surface area is 208 Å². The van der Waals surface area contributed by atoms with E-state index in [-0.39, 0.29) is 24.0 Å². The minimum Gasteiger partial charge on any atom is -0.488 e. The molecular weight excluding hydrogens is 470 g/mol. The molecule has 2 aromatic rings. The van der Waals surface area contributed by atoms with Crippen LogP contribution in [0.1, 0.15) is 24.2 Å². The third kappa shape index (κ3) is 7.92. The number of carbonyl (C=O) groups is 2. The lowest BCUT2D eigenvalue weighted by molar-refractivity contribution is 0.0486. The summed E-state index contributed by atoms with van der Waals surface area (Å²) >= 11 is 0. The number of anilines is 2. The first-order chi connectivity index (χ1) is 17.4. The maximum absolute atomic E-state index is 12.3. The van der Waals surface area contributed by atoms with E-state index in [1.54, 1.807) is 31.2 Å². The molecule has 0 fully saturated rings. The van der Waals surface area contributed by atoms with Crippen LogP contribution in [0, 0.1) is 5.92 Å². The molecule has 3 rings (SSSR count). The number of ether oxygens (including phenoxy) is 4. The molecule has 0 spiro atoms. The lowest BCUT2D eigenvalue weighted by Crippen LogP contribution is -2.35. The van der Waals surface area contributed by atoms with Gasteiger partial charge in [0.25, 0.3) is 16.8 Å². The summed E-state index contributed by atoms with van der Waals surface area (Å²) in [5.74, 6) is 0.0581. The first kappa shape index (κ1) is 26.9. The van der Waals surface area contributed by atoms with Gasteiger partial charge in [0.2, 0.25) is 0 Å². The van der Waals surface area contributed by atoms with Gasteiger partial charge in [0, 0.05) is 30.3 Å². The molecule has 11 nitrogen and oxygen atoms in total. The maximum Gasteiger partial charge on any atom is 0.407 e. The van der Waals surface area contributed by atoms with E-state index in [9.17, 15) is 19.2 Å². The highest BCUT2D eigenvalue weighted by Gasteiger charge is 2.22. The Morgan fingerprint density at radius 3 is 2.17 bits per heavy atom. The smallest absolute Gasteiger partial charge is 0.407 e. The van der Waals surface area contributed by atoms with Crippen LogP contribution in [0.4, 0.5) is 16.2 Å². The molecule has 0 radical (unpaired) electrons. The van der Waals surface area contributed by atoms with Crippen molar-refractivity contribution in [2.45, 2.75) is 13.8 Å². The number of nitrogens with one attached hydrogen (secondary N) is 3. The van der Waals surface area contributed by atoms with Crippen LogP contribution < -0.4 is 31.5 Å². The monoisotopic (exact) mass is 501 g/mol. The average Bonchev–Trinajstić information content (AvgIpc) is 3.60. The molecule has 11 heteroatoms. The van der Waals surface area contributed by atoms with Gasteiger partial charge in [0.15, 0.2) is 5.75 Å². The molecule has 0 aliphatic heterocycles. The van der Waals surface area contributed by atoms with Gasteiger partial charge in [-0.1, -0.05) is 11.6 Å². The van der Waals surface area contributed by atoms with Gasteiger partial charge in [-0.3, -0.25) is 14.4 Å². The van der Waals surface area contributed by atoms with Crippen LogP contribution in [0.2, 0.25) is 0 Å². The molecule has 1 aliphatic carbocycles. The van der Waals surface area contributed by atoms with Crippen LogP contribution in [0.25, 0.3) is 0 Å². The predicted molar refractivity (Wildman–Crippen MR) is 133 cm³/mol. The van der Waals surface area contributed by atoms with Gasteiger partial charge >= 0.3 is 6.09 Å². The largest absolute Gasteiger partial charge is 0.488 e. The molecular formula is C25H31N3O8. The first-order valence-corrected chi connectivity index (χ1v) is 11.8. The molecule has 2 amide bonds. The fourth-order valence-electron chi connectivity index (χ4n) is 3.17. The van der Waals surface area contributed by atoms with E-state index in [1.165, 1.54) is 5.57 Å². The highest BCUT2D eigenvalue weighted by atomic mass is 16.6. The third-order valence-electron chi connectivity index (χ3n) is 5.33. The van der Waals surface area contributed by atoms with Crippen molar-refractivity contribution in [3.63, 3.8) is 0 Å². The molecule has 194 valence electrons. The summed E-state index contributed by atoms with van der Waals surface area (Å²) in [4.78, 5) is 47.0. The quantitative estimate of drug-likeness (QED) is 0.177. The van der Waals surface area contributed by atoms with E-state index in [1.807, 2.05) is 13.0 Å². The van der Waals surface area contributed by atoms with Gasteiger partial charge in [0.05, 0.1) is 33.0 Å². The second kappa shape index (κ2) is 13.4. The number of hydrogen-bond acceptors (Lipinski definition) is 9. The molecule has 1 unspecified atom stereocenters. The predicted octanol–water partition coefficient (Wildman–Crippen LogP) is 1.49. The topological polar surface area (TPSA) is 141 Å². The molecule has 0 saturated heterocycles. The second-order valence-corrected chi connectivity index (χ2v) is 8.02. The molecule has 0 heterocycles. The van der Waals surface area contributed by atoms with Gasteiger partial charge in [-0.05, 0) is 38.1 Å². The Hall–Kier alpha value is -3.70. The average molecular weight is 502 g/mol. The summed E-state index contributed by atoms with van der Waals surface area (Å²) in [6, 6.07) is 6.47. The Morgan fingerprint density at radius 1 is 0.917 bits per heavy atom.